The maximum absolute atomic E-state index is 12.8. The van der Waals surface area contributed by atoms with Gasteiger partial charge in [0.2, 0.25) is 0 Å². The molecule has 0 unspecified atom stereocenters. The van der Waals surface area contributed by atoms with Gasteiger partial charge in [0, 0.05) is 23.6 Å². The lowest BCUT2D eigenvalue weighted by Crippen LogP contribution is -2.16. The molecule has 0 aliphatic heterocycles. The largest absolute Gasteiger partial charge is 0.496 e. The van der Waals surface area contributed by atoms with Crippen molar-refractivity contribution >= 4 is 44.8 Å². The molecule has 2 heterocycles. The van der Waals surface area contributed by atoms with Gasteiger partial charge in [0.05, 0.1) is 17.6 Å². The van der Waals surface area contributed by atoms with Crippen LogP contribution in [0.5, 0.6) is 5.75 Å². The maximum Gasteiger partial charge on any atom is 0.261 e. The summed E-state index contributed by atoms with van der Waals surface area (Å²) in [7, 11) is -2.61. The number of aryl methyl sites for hydroxylation is 1. The molecule has 2 aromatic heterocycles. The Morgan fingerprint density at radius 2 is 1.53 bits per heavy atom. The van der Waals surface area contributed by atoms with Crippen LogP contribution in [-0.4, -0.2) is 36.4 Å². The lowest BCUT2D eigenvalue weighted by molar-refractivity contribution is 0.0997. The number of sulfonamides is 1. The molecule has 0 atom stereocenters. The third kappa shape index (κ3) is 5.85. The van der Waals surface area contributed by atoms with E-state index < -0.39 is 15.9 Å². The minimum atomic E-state index is -3.97. The van der Waals surface area contributed by atoms with Crippen LogP contribution in [0.4, 0.5) is 28.8 Å². The van der Waals surface area contributed by atoms with Crippen molar-refractivity contribution in [2.24, 2.45) is 5.73 Å². The Balaban J connectivity index is 1.45. The van der Waals surface area contributed by atoms with E-state index in [9.17, 15) is 13.2 Å². The average Bonchev–Trinajstić information content (AvgIpc) is 2.85. The van der Waals surface area contributed by atoms with E-state index in [-0.39, 0.29) is 16.2 Å². The summed E-state index contributed by atoms with van der Waals surface area (Å²) in [5.41, 5.74) is 7.37. The molecule has 4 rings (SSSR count). The third-order valence-electron chi connectivity index (χ3n) is 4.99. The van der Waals surface area contributed by atoms with Crippen molar-refractivity contribution < 1.29 is 17.9 Å². The molecule has 0 saturated heterocycles. The molecule has 12 heteroatoms. The van der Waals surface area contributed by atoms with Crippen molar-refractivity contribution in [2.75, 3.05) is 22.5 Å². The molecule has 0 bridgehead atoms. The van der Waals surface area contributed by atoms with Crippen LogP contribution in [0.15, 0.2) is 78.1 Å². The number of hydrogen-bond acceptors (Lipinski definition) is 9. The van der Waals surface area contributed by atoms with E-state index >= 15 is 0 Å². The number of rotatable bonds is 9. The van der Waals surface area contributed by atoms with Gasteiger partial charge in [0.15, 0.2) is 0 Å². The number of nitrogens with two attached hydrogens (primary N) is 1. The van der Waals surface area contributed by atoms with E-state index in [1.54, 1.807) is 36.5 Å². The van der Waals surface area contributed by atoms with E-state index in [4.69, 9.17) is 10.5 Å². The number of methoxy groups -OCH3 is 1. The zero-order chi connectivity index (χ0) is 25.7. The lowest BCUT2D eigenvalue weighted by atomic mass is 10.2. The number of benzene rings is 2. The van der Waals surface area contributed by atoms with Crippen LogP contribution in [0, 0.1) is 6.92 Å². The molecule has 0 radical (unpaired) electrons. The number of aromatic nitrogens is 3. The zero-order valence-corrected chi connectivity index (χ0v) is 20.2. The molecule has 0 saturated carbocycles. The number of anilines is 5. The quantitative estimate of drug-likeness (QED) is 0.266. The normalized spacial score (nSPS) is 10.9. The van der Waals surface area contributed by atoms with Crippen molar-refractivity contribution in [3.8, 4) is 5.75 Å². The second-order valence-corrected chi connectivity index (χ2v) is 9.35. The highest BCUT2D eigenvalue weighted by molar-refractivity contribution is 7.92. The summed E-state index contributed by atoms with van der Waals surface area (Å²) in [5, 5.41) is 6.27. The molecule has 0 spiro atoms. The summed E-state index contributed by atoms with van der Waals surface area (Å²) < 4.78 is 33.2. The van der Waals surface area contributed by atoms with Gasteiger partial charge in [-0.2, -0.15) is 0 Å². The second-order valence-electron chi connectivity index (χ2n) is 7.67. The van der Waals surface area contributed by atoms with Crippen LogP contribution in [-0.2, 0) is 10.0 Å². The first kappa shape index (κ1) is 24.4. The van der Waals surface area contributed by atoms with Crippen LogP contribution in [0.25, 0.3) is 0 Å². The van der Waals surface area contributed by atoms with E-state index in [1.165, 1.54) is 31.6 Å². The fourth-order valence-corrected chi connectivity index (χ4v) is 4.34. The molecule has 0 aliphatic carbocycles. The Hall–Kier alpha value is -4.71. The first-order valence-electron chi connectivity index (χ1n) is 10.6. The third-order valence-corrected chi connectivity index (χ3v) is 6.37. The fourth-order valence-electron chi connectivity index (χ4n) is 3.26. The average molecular weight is 506 g/mol. The van der Waals surface area contributed by atoms with E-state index in [1.807, 2.05) is 19.1 Å². The van der Waals surface area contributed by atoms with E-state index in [0.717, 1.165) is 5.56 Å². The summed E-state index contributed by atoms with van der Waals surface area (Å²) in [6, 6.07) is 16.0. The summed E-state index contributed by atoms with van der Waals surface area (Å²) in [6.07, 6.45) is 3.12. The Labute approximate surface area is 207 Å². The Bertz CT molecular complexity index is 1510. The minimum Gasteiger partial charge on any atom is -0.496 e. The van der Waals surface area contributed by atoms with Crippen molar-refractivity contribution in [1.29, 1.82) is 0 Å². The van der Waals surface area contributed by atoms with Gasteiger partial charge in [0.25, 0.3) is 15.9 Å². The van der Waals surface area contributed by atoms with Gasteiger partial charge < -0.3 is 21.1 Å². The Morgan fingerprint density at radius 3 is 2.19 bits per heavy atom. The molecular formula is C24H23N7O4S. The summed E-state index contributed by atoms with van der Waals surface area (Å²) in [6.45, 7) is 1.97. The first-order valence-corrected chi connectivity index (χ1v) is 12.1. The topological polar surface area (TPSA) is 161 Å². The highest BCUT2D eigenvalue weighted by Gasteiger charge is 2.19. The monoisotopic (exact) mass is 505 g/mol. The number of hydrogen-bond donors (Lipinski definition) is 4. The Kier molecular flexibility index (Phi) is 6.97. The minimum absolute atomic E-state index is 0.0307. The van der Waals surface area contributed by atoms with E-state index in [0.29, 0.717) is 28.8 Å². The molecule has 0 aliphatic rings. The van der Waals surface area contributed by atoms with Gasteiger partial charge >= 0.3 is 0 Å². The molecular weight excluding hydrogens is 482 g/mol. The second kappa shape index (κ2) is 10.3. The molecule has 2 aromatic carbocycles. The molecule has 184 valence electrons. The number of carbonyl (C=O) groups is 1. The number of ether oxygens (including phenoxy) is 1. The molecule has 36 heavy (non-hydrogen) atoms. The van der Waals surface area contributed by atoms with Crippen molar-refractivity contribution in [2.45, 2.75) is 11.8 Å². The van der Waals surface area contributed by atoms with Crippen LogP contribution < -0.4 is 25.8 Å². The van der Waals surface area contributed by atoms with Crippen LogP contribution >= 0.6 is 0 Å². The SMILES string of the molecule is COc1ccc(S(=O)(=O)Nc2ccc(Nc3cc(Nc4cc(C)ccn4)ncn3)cc2)cc1C(N)=O. The van der Waals surface area contributed by atoms with Crippen LogP contribution in [0.3, 0.4) is 0 Å². The molecule has 11 nitrogen and oxygen atoms in total. The number of pyridine rings is 1. The maximum atomic E-state index is 12.8. The number of nitrogens with zero attached hydrogens (tertiary/aromatic N) is 3. The van der Waals surface area contributed by atoms with Crippen LogP contribution in [0.2, 0.25) is 0 Å². The van der Waals surface area contributed by atoms with Gasteiger partial charge in [0.1, 0.15) is 29.5 Å². The summed E-state index contributed by atoms with van der Waals surface area (Å²) in [4.78, 5) is 24.2. The van der Waals surface area contributed by atoms with Gasteiger partial charge in [-0.25, -0.2) is 23.4 Å². The predicted octanol–water partition coefficient (Wildman–Crippen LogP) is 3.58. The molecule has 0 fully saturated rings. The fraction of sp³-hybridized carbons (Fsp3) is 0.0833. The molecule has 1 amide bonds. The Morgan fingerprint density at radius 1 is 0.861 bits per heavy atom. The highest BCUT2D eigenvalue weighted by Crippen LogP contribution is 2.25. The zero-order valence-electron chi connectivity index (χ0n) is 19.4. The number of carbonyl (C=O) groups excluding carboxylic acids is 1. The number of nitrogens with one attached hydrogen (secondary N) is 3. The molecule has 4 aromatic rings. The van der Waals surface area contributed by atoms with Crippen LogP contribution in [0.1, 0.15) is 15.9 Å². The lowest BCUT2D eigenvalue weighted by Gasteiger charge is -2.12. The van der Waals surface area contributed by atoms with Gasteiger partial charge in [-0.05, 0) is 67.1 Å². The number of amides is 1. The highest BCUT2D eigenvalue weighted by atomic mass is 32.2. The smallest absolute Gasteiger partial charge is 0.261 e. The predicted molar refractivity (Wildman–Crippen MR) is 136 cm³/mol. The van der Waals surface area contributed by atoms with E-state index in [2.05, 4.69) is 30.3 Å². The first-order chi connectivity index (χ1) is 17.2. The van der Waals surface area contributed by atoms with Crippen molar-refractivity contribution in [1.82, 2.24) is 15.0 Å². The number of primary amides is 1. The molecule has 5 N–H and O–H groups in total. The standard InChI is InChI=1S/C24H23N7O4S/c1-15-9-10-26-21(11-15)30-23-13-22(27-14-28-23)29-16-3-5-17(6-4-16)31-36(33,34)18-7-8-20(35-2)19(12-18)24(25)32/h3-14,31H,1-2H3,(H2,25,32)(H2,26,27,28,29,30). The van der Waals surface area contributed by atoms with Crippen molar-refractivity contribution in [3.63, 3.8) is 0 Å². The van der Waals surface area contributed by atoms with Crippen molar-refractivity contribution in [3.05, 3.63) is 84.3 Å². The van der Waals surface area contributed by atoms with Gasteiger partial charge in [-0.15, -0.1) is 0 Å². The summed E-state index contributed by atoms with van der Waals surface area (Å²) >= 11 is 0. The van der Waals surface area contributed by atoms with Gasteiger partial charge in [-0.3, -0.25) is 9.52 Å². The van der Waals surface area contributed by atoms with Gasteiger partial charge in [-0.1, -0.05) is 0 Å². The summed E-state index contributed by atoms with van der Waals surface area (Å²) in [5.74, 6) is 1.15.